The second-order valence-electron chi connectivity index (χ2n) is 10.3. The van der Waals surface area contributed by atoms with Crippen molar-refractivity contribution in [2.75, 3.05) is 0 Å². The average Bonchev–Trinajstić information content (AvgIpc) is 2.96. The molecule has 0 N–H and O–H groups in total. The van der Waals surface area contributed by atoms with Crippen molar-refractivity contribution in [3.63, 3.8) is 0 Å². The first kappa shape index (κ1) is 22.5. The molecule has 0 unspecified atom stereocenters. The Morgan fingerprint density at radius 2 is 0.974 bits per heavy atom. The molecule has 0 bridgehead atoms. The molecule has 0 aliphatic rings. The smallest absolute Gasteiger partial charge is 0.00735 e. The van der Waals surface area contributed by atoms with Gasteiger partial charge < -0.3 is 0 Å². The molecule has 7 aromatic rings. The fourth-order valence-electron chi connectivity index (χ4n) is 5.90. The van der Waals surface area contributed by atoms with E-state index < -0.39 is 0 Å². The summed E-state index contributed by atoms with van der Waals surface area (Å²) in [6.07, 6.45) is 0. The van der Waals surface area contributed by atoms with Gasteiger partial charge in [0, 0.05) is 0 Å². The summed E-state index contributed by atoms with van der Waals surface area (Å²) in [5, 5.41) is 7.67. The number of aryl methyl sites for hydroxylation is 2. The summed E-state index contributed by atoms with van der Waals surface area (Å²) in [6.45, 7) is 4.41. The van der Waals surface area contributed by atoms with E-state index in [0.29, 0.717) is 0 Å². The normalized spacial score (nSPS) is 11.4. The van der Waals surface area contributed by atoms with Crippen LogP contribution in [0.25, 0.3) is 65.7 Å². The molecule has 0 heteroatoms. The van der Waals surface area contributed by atoms with Crippen LogP contribution in [0, 0.1) is 13.8 Å². The van der Waals surface area contributed by atoms with E-state index in [9.17, 15) is 0 Å². The standard InChI is InChI=1S/C38H28/c1-25-8-3-5-11-34(25)38-26(2)14-15-32-22-30(20-21-37(32)38)29-18-16-27-17-19-31(24-33(27)23-29)36-13-7-10-28-9-4-6-12-35(28)36/h3-24H,1-2H3. The maximum atomic E-state index is 2.34. The minimum Gasteiger partial charge on any atom is -0.0620 e. The summed E-state index contributed by atoms with van der Waals surface area (Å²) in [6, 6.07) is 49.0. The maximum Gasteiger partial charge on any atom is -0.00735 e. The van der Waals surface area contributed by atoms with Gasteiger partial charge in [-0.3, -0.25) is 0 Å². The van der Waals surface area contributed by atoms with E-state index in [0.717, 1.165) is 0 Å². The fraction of sp³-hybridized carbons (Fsp3) is 0.0526. The van der Waals surface area contributed by atoms with Crippen LogP contribution in [0.15, 0.2) is 133 Å². The van der Waals surface area contributed by atoms with E-state index in [-0.39, 0.29) is 0 Å². The monoisotopic (exact) mass is 484 g/mol. The van der Waals surface area contributed by atoms with Crippen molar-refractivity contribution < 1.29 is 0 Å². The number of fused-ring (bicyclic) bond motifs is 3. The summed E-state index contributed by atoms with van der Waals surface area (Å²) >= 11 is 0. The lowest BCUT2D eigenvalue weighted by molar-refractivity contribution is 1.43. The molecule has 0 saturated heterocycles. The summed E-state index contributed by atoms with van der Waals surface area (Å²) in [5.74, 6) is 0. The SMILES string of the molecule is Cc1ccccc1-c1c(C)ccc2cc(-c3ccc4ccc(-c5cccc6ccccc56)cc4c3)ccc12. The molecule has 38 heavy (non-hydrogen) atoms. The summed E-state index contributed by atoms with van der Waals surface area (Å²) < 4.78 is 0. The molecule has 7 rings (SSSR count). The number of rotatable bonds is 3. The third-order valence-corrected chi connectivity index (χ3v) is 7.92. The van der Waals surface area contributed by atoms with E-state index >= 15 is 0 Å². The second kappa shape index (κ2) is 9.01. The Kier molecular flexibility index (Phi) is 5.34. The first-order valence-corrected chi connectivity index (χ1v) is 13.3. The fourth-order valence-corrected chi connectivity index (χ4v) is 5.90. The molecule has 0 aliphatic carbocycles. The average molecular weight is 485 g/mol. The van der Waals surface area contributed by atoms with E-state index in [4.69, 9.17) is 0 Å². The molecule has 0 spiro atoms. The zero-order valence-electron chi connectivity index (χ0n) is 21.7. The van der Waals surface area contributed by atoms with Gasteiger partial charge in [0.15, 0.2) is 0 Å². The maximum absolute atomic E-state index is 2.34. The van der Waals surface area contributed by atoms with Gasteiger partial charge in [0.05, 0.1) is 0 Å². The molecular formula is C38H28. The van der Waals surface area contributed by atoms with Gasteiger partial charge in [-0.05, 0) is 109 Å². The van der Waals surface area contributed by atoms with E-state index in [1.807, 2.05) is 0 Å². The first-order chi connectivity index (χ1) is 18.7. The zero-order chi connectivity index (χ0) is 25.6. The van der Waals surface area contributed by atoms with Crippen LogP contribution in [-0.4, -0.2) is 0 Å². The molecule has 7 aromatic carbocycles. The highest BCUT2D eigenvalue weighted by atomic mass is 14.2. The van der Waals surface area contributed by atoms with Crippen molar-refractivity contribution in [2.24, 2.45) is 0 Å². The van der Waals surface area contributed by atoms with Crippen LogP contribution < -0.4 is 0 Å². The highest BCUT2D eigenvalue weighted by Crippen LogP contribution is 2.37. The van der Waals surface area contributed by atoms with Gasteiger partial charge in [-0.25, -0.2) is 0 Å². The topological polar surface area (TPSA) is 0 Å². The van der Waals surface area contributed by atoms with Gasteiger partial charge in [0.1, 0.15) is 0 Å². The molecule has 0 amide bonds. The van der Waals surface area contributed by atoms with Crippen LogP contribution in [0.4, 0.5) is 0 Å². The van der Waals surface area contributed by atoms with Crippen LogP contribution in [-0.2, 0) is 0 Å². The Hall–Kier alpha value is -4.68. The van der Waals surface area contributed by atoms with Crippen molar-refractivity contribution >= 4 is 32.3 Å². The van der Waals surface area contributed by atoms with Crippen LogP contribution in [0.2, 0.25) is 0 Å². The van der Waals surface area contributed by atoms with Gasteiger partial charge in [0.2, 0.25) is 0 Å². The van der Waals surface area contributed by atoms with Crippen LogP contribution >= 0.6 is 0 Å². The van der Waals surface area contributed by atoms with Crippen molar-refractivity contribution in [3.8, 4) is 33.4 Å². The summed E-state index contributed by atoms with van der Waals surface area (Å²) in [7, 11) is 0. The lowest BCUT2D eigenvalue weighted by atomic mass is 9.90. The second-order valence-corrected chi connectivity index (χ2v) is 10.3. The quantitative estimate of drug-likeness (QED) is 0.234. The summed E-state index contributed by atoms with van der Waals surface area (Å²) in [5.41, 5.74) is 10.3. The predicted octanol–water partition coefficient (Wildman–Crippen LogP) is 10.8. The summed E-state index contributed by atoms with van der Waals surface area (Å²) in [4.78, 5) is 0. The van der Waals surface area contributed by atoms with Crippen molar-refractivity contribution in [1.29, 1.82) is 0 Å². The number of hydrogen-bond donors (Lipinski definition) is 0. The van der Waals surface area contributed by atoms with E-state index in [1.165, 1.54) is 76.8 Å². The van der Waals surface area contributed by atoms with Crippen molar-refractivity contribution in [1.82, 2.24) is 0 Å². The third kappa shape index (κ3) is 3.78. The van der Waals surface area contributed by atoms with Crippen LogP contribution in [0.5, 0.6) is 0 Å². The van der Waals surface area contributed by atoms with Gasteiger partial charge in [-0.1, -0.05) is 115 Å². The van der Waals surface area contributed by atoms with Crippen LogP contribution in [0.3, 0.4) is 0 Å². The molecule has 0 saturated carbocycles. The van der Waals surface area contributed by atoms with Crippen LogP contribution in [0.1, 0.15) is 11.1 Å². The zero-order valence-corrected chi connectivity index (χ0v) is 21.7. The number of benzene rings is 7. The molecule has 0 fully saturated rings. The molecule has 0 aromatic heterocycles. The highest BCUT2D eigenvalue weighted by molar-refractivity contribution is 6.02. The molecular weight excluding hydrogens is 456 g/mol. The highest BCUT2D eigenvalue weighted by Gasteiger charge is 2.11. The Labute approximate surface area is 223 Å². The lowest BCUT2D eigenvalue weighted by Crippen LogP contribution is -1.90. The van der Waals surface area contributed by atoms with E-state index in [1.54, 1.807) is 0 Å². The first-order valence-electron chi connectivity index (χ1n) is 13.3. The number of hydrogen-bond acceptors (Lipinski definition) is 0. The molecule has 0 nitrogen and oxygen atoms in total. The molecule has 0 aliphatic heterocycles. The molecule has 0 heterocycles. The lowest BCUT2D eigenvalue weighted by Gasteiger charge is -2.14. The van der Waals surface area contributed by atoms with Gasteiger partial charge >= 0.3 is 0 Å². The minimum absolute atomic E-state index is 1.24. The Morgan fingerprint density at radius 3 is 1.84 bits per heavy atom. The largest absolute Gasteiger partial charge is 0.0620 e. The van der Waals surface area contributed by atoms with Crippen molar-refractivity contribution in [3.05, 3.63) is 145 Å². The Balaban J connectivity index is 1.34. The van der Waals surface area contributed by atoms with Crippen molar-refractivity contribution in [2.45, 2.75) is 13.8 Å². The molecule has 0 radical (unpaired) electrons. The van der Waals surface area contributed by atoms with Gasteiger partial charge in [-0.15, -0.1) is 0 Å². The third-order valence-electron chi connectivity index (χ3n) is 7.92. The molecule has 0 atom stereocenters. The van der Waals surface area contributed by atoms with Gasteiger partial charge in [-0.2, -0.15) is 0 Å². The van der Waals surface area contributed by atoms with E-state index in [2.05, 4.69) is 147 Å². The minimum atomic E-state index is 1.24. The Bertz CT molecular complexity index is 1990. The van der Waals surface area contributed by atoms with Gasteiger partial charge in [0.25, 0.3) is 0 Å². The Morgan fingerprint density at radius 1 is 0.342 bits per heavy atom. The predicted molar refractivity (Wildman–Crippen MR) is 165 cm³/mol. The molecule has 180 valence electrons.